The number of nitrogens with one attached hydrogen (secondary N) is 1. The fourth-order valence-corrected chi connectivity index (χ4v) is 1.19. The maximum absolute atomic E-state index is 5.69. The van der Waals surface area contributed by atoms with E-state index in [1.54, 1.807) is 6.08 Å². The molecule has 68 valence electrons. The summed E-state index contributed by atoms with van der Waals surface area (Å²) < 4.78 is 0. The van der Waals surface area contributed by atoms with Crippen LogP contribution in [0.15, 0.2) is 48.8 Å². The van der Waals surface area contributed by atoms with Gasteiger partial charge in [0.1, 0.15) is 0 Å². The van der Waals surface area contributed by atoms with E-state index in [4.69, 9.17) is 5.73 Å². The minimum Gasteiger partial charge on any atom is -0.402 e. The monoisotopic (exact) mass is 174 g/mol. The first kappa shape index (κ1) is 9.39. The number of rotatable bonds is 3. The third-order valence-corrected chi connectivity index (χ3v) is 1.88. The molecule has 0 saturated heterocycles. The summed E-state index contributed by atoms with van der Waals surface area (Å²) in [4.78, 5) is 3.07. The largest absolute Gasteiger partial charge is 0.402 e. The fraction of sp³-hybridized carbons (Fsp3) is 0.0909. The number of aromatic amines is 1. The lowest BCUT2D eigenvalue weighted by molar-refractivity contribution is 1.27. The van der Waals surface area contributed by atoms with E-state index in [1.165, 1.54) is 0 Å². The number of H-pyrrole nitrogens is 1. The van der Waals surface area contributed by atoms with Crippen LogP contribution in [-0.4, -0.2) is 4.98 Å². The van der Waals surface area contributed by atoms with Gasteiger partial charge in [0.25, 0.3) is 0 Å². The molecule has 0 aliphatic rings. The normalized spacial score (nSPS) is 12.1. The fourth-order valence-electron chi connectivity index (χ4n) is 1.19. The standard InChI is InChI=1S/C11H14N2/c1-4-10(9(3)12)8(2)11-6-5-7-13-11/h4-7,13H,1-2,12H2,3H3/b10-9-. The van der Waals surface area contributed by atoms with Crippen LogP contribution in [0.3, 0.4) is 0 Å². The van der Waals surface area contributed by atoms with Gasteiger partial charge in [-0.25, -0.2) is 0 Å². The highest BCUT2D eigenvalue weighted by atomic mass is 14.7. The molecule has 0 amide bonds. The summed E-state index contributed by atoms with van der Waals surface area (Å²) in [5, 5.41) is 0. The van der Waals surface area contributed by atoms with Gasteiger partial charge < -0.3 is 10.7 Å². The van der Waals surface area contributed by atoms with E-state index < -0.39 is 0 Å². The Bertz CT molecular complexity index is 338. The van der Waals surface area contributed by atoms with E-state index in [0.717, 1.165) is 22.5 Å². The molecule has 3 N–H and O–H groups in total. The van der Waals surface area contributed by atoms with Crippen LogP contribution >= 0.6 is 0 Å². The van der Waals surface area contributed by atoms with E-state index in [2.05, 4.69) is 18.1 Å². The smallest absolute Gasteiger partial charge is 0.0454 e. The number of hydrogen-bond donors (Lipinski definition) is 2. The molecule has 0 bridgehead atoms. The molecule has 2 nitrogen and oxygen atoms in total. The zero-order chi connectivity index (χ0) is 9.84. The average Bonchev–Trinajstić information content (AvgIpc) is 2.56. The zero-order valence-electron chi connectivity index (χ0n) is 7.80. The predicted octanol–water partition coefficient (Wildman–Crippen LogP) is 2.45. The first-order valence-electron chi connectivity index (χ1n) is 4.08. The molecule has 0 fully saturated rings. The Kier molecular flexibility index (Phi) is 2.75. The lowest BCUT2D eigenvalue weighted by atomic mass is 10.0. The second-order valence-corrected chi connectivity index (χ2v) is 2.86. The second-order valence-electron chi connectivity index (χ2n) is 2.86. The lowest BCUT2D eigenvalue weighted by Crippen LogP contribution is -1.98. The van der Waals surface area contributed by atoms with E-state index in [9.17, 15) is 0 Å². The SMILES string of the molecule is C=C/C(C(=C)c1ccc[nH]1)=C(\C)N. The molecule has 0 unspecified atom stereocenters. The minimum atomic E-state index is 0.731. The van der Waals surface area contributed by atoms with Gasteiger partial charge in [-0.15, -0.1) is 0 Å². The van der Waals surface area contributed by atoms with Crippen LogP contribution in [0, 0.1) is 0 Å². The number of allylic oxidation sites excluding steroid dienone is 4. The summed E-state index contributed by atoms with van der Waals surface area (Å²) in [5.41, 5.74) is 9.16. The summed E-state index contributed by atoms with van der Waals surface area (Å²) in [7, 11) is 0. The molecular weight excluding hydrogens is 160 g/mol. The van der Waals surface area contributed by atoms with E-state index in [1.807, 2.05) is 25.3 Å². The Hall–Kier alpha value is -1.70. The van der Waals surface area contributed by atoms with Gasteiger partial charge in [0.05, 0.1) is 0 Å². The first-order valence-corrected chi connectivity index (χ1v) is 4.08. The van der Waals surface area contributed by atoms with Crippen LogP contribution in [0.25, 0.3) is 5.57 Å². The van der Waals surface area contributed by atoms with Crippen LogP contribution in [-0.2, 0) is 0 Å². The maximum Gasteiger partial charge on any atom is 0.0454 e. The van der Waals surface area contributed by atoms with Crippen molar-refractivity contribution in [3.8, 4) is 0 Å². The van der Waals surface area contributed by atoms with Crippen molar-refractivity contribution in [2.45, 2.75) is 6.92 Å². The van der Waals surface area contributed by atoms with Crippen LogP contribution in [0.1, 0.15) is 12.6 Å². The van der Waals surface area contributed by atoms with Gasteiger partial charge in [0.15, 0.2) is 0 Å². The molecule has 1 aromatic heterocycles. The maximum atomic E-state index is 5.69. The molecular formula is C11H14N2. The number of nitrogens with two attached hydrogens (primary N) is 1. The third-order valence-electron chi connectivity index (χ3n) is 1.88. The van der Waals surface area contributed by atoms with Crippen LogP contribution in [0.4, 0.5) is 0 Å². The molecule has 0 radical (unpaired) electrons. The Morgan fingerprint density at radius 2 is 2.31 bits per heavy atom. The van der Waals surface area contributed by atoms with Crippen molar-refractivity contribution >= 4 is 5.57 Å². The molecule has 0 saturated carbocycles. The predicted molar refractivity (Wildman–Crippen MR) is 56.9 cm³/mol. The van der Waals surface area contributed by atoms with E-state index >= 15 is 0 Å². The van der Waals surface area contributed by atoms with Crippen molar-refractivity contribution in [1.29, 1.82) is 0 Å². The summed E-state index contributed by atoms with van der Waals surface area (Å²) in [6, 6.07) is 3.88. The second kappa shape index (κ2) is 3.81. The van der Waals surface area contributed by atoms with Gasteiger partial charge in [-0.2, -0.15) is 0 Å². The average molecular weight is 174 g/mol. The summed E-state index contributed by atoms with van der Waals surface area (Å²) in [5.74, 6) is 0. The van der Waals surface area contributed by atoms with E-state index in [-0.39, 0.29) is 0 Å². The van der Waals surface area contributed by atoms with Gasteiger partial charge in [-0.05, 0) is 24.6 Å². The quantitative estimate of drug-likeness (QED) is 0.679. The highest BCUT2D eigenvalue weighted by Crippen LogP contribution is 2.21. The highest BCUT2D eigenvalue weighted by molar-refractivity contribution is 5.78. The first-order chi connectivity index (χ1) is 6.16. The van der Waals surface area contributed by atoms with Gasteiger partial charge in [0.2, 0.25) is 0 Å². The van der Waals surface area contributed by atoms with Crippen molar-refractivity contribution in [2.75, 3.05) is 0 Å². The Labute approximate surface area is 78.5 Å². The van der Waals surface area contributed by atoms with Crippen LogP contribution in [0.2, 0.25) is 0 Å². The topological polar surface area (TPSA) is 41.8 Å². The Morgan fingerprint density at radius 1 is 1.62 bits per heavy atom. The third kappa shape index (κ3) is 1.90. The van der Waals surface area contributed by atoms with Crippen molar-refractivity contribution in [1.82, 2.24) is 4.98 Å². The summed E-state index contributed by atoms with van der Waals surface area (Å²) in [6.45, 7) is 9.49. The number of aromatic nitrogens is 1. The van der Waals surface area contributed by atoms with Crippen molar-refractivity contribution in [3.63, 3.8) is 0 Å². The molecule has 1 aromatic rings. The molecule has 2 heteroatoms. The van der Waals surface area contributed by atoms with Crippen LogP contribution < -0.4 is 5.73 Å². The molecule has 1 heterocycles. The summed E-state index contributed by atoms with van der Waals surface area (Å²) >= 11 is 0. The molecule has 13 heavy (non-hydrogen) atoms. The number of hydrogen-bond acceptors (Lipinski definition) is 1. The highest BCUT2D eigenvalue weighted by Gasteiger charge is 2.04. The summed E-state index contributed by atoms with van der Waals surface area (Å²) in [6.07, 6.45) is 3.57. The van der Waals surface area contributed by atoms with Gasteiger partial charge in [-0.1, -0.05) is 19.2 Å². The molecule has 0 aliphatic heterocycles. The molecule has 1 rings (SSSR count). The minimum absolute atomic E-state index is 0.731. The lowest BCUT2D eigenvalue weighted by Gasteiger charge is -2.06. The van der Waals surface area contributed by atoms with Crippen molar-refractivity contribution in [2.24, 2.45) is 5.73 Å². The van der Waals surface area contributed by atoms with Gasteiger partial charge >= 0.3 is 0 Å². The van der Waals surface area contributed by atoms with Crippen LogP contribution in [0.5, 0.6) is 0 Å². The molecule has 0 spiro atoms. The van der Waals surface area contributed by atoms with E-state index in [0.29, 0.717) is 0 Å². The van der Waals surface area contributed by atoms with Crippen molar-refractivity contribution in [3.05, 3.63) is 54.5 Å². The molecule has 0 aromatic carbocycles. The van der Waals surface area contributed by atoms with Gasteiger partial charge in [0, 0.05) is 23.2 Å². The Morgan fingerprint density at radius 3 is 2.69 bits per heavy atom. The molecule has 0 atom stereocenters. The zero-order valence-corrected chi connectivity index (χ0v) is 7.80. The Balaban J connectivity index is 3.04. The molecule has 0 aliphatic carbocycles. The van der Waals surface area contributed by atoms with Crippen molar-refractivity contribution < 1.29 is 0 Å². The van der Waals surface area contributed by atoms with Gasteiger partial charge in [-0.3, -0.25) is 0 Å².